The van der Waals surface area contributed by atoms with E-state index < -0.39 is 0 Å². The number of esters is 1. The Bertz CT molecular complexity index is 425. The number of nitrogens with one attached hydrogen (secondary N) is 1. The second-order valence-corrected chi connectivity index (χ2v) is 5.61. The minimum atomic E-state index is -0.165. The summed E-state index contributed by atoms with van der Waals surface area (Å²) < 4.78 is 5.53. The van der Waals surface area contributed by atoms with Crippen LogP contribution in [0.1, 0.15) is 48.0 Å². The van der Waals surface area contributed by atoms with Crippen molar-refractivity contribution in [2.45, 2.75) is 38.5 Å². The minimum absolute atomic E-state index is 0.165. The van der Waals surface area contributed by atoms with Gasteiger partial charge in [0.2, 0.25) is 0 Å². The monoisotopic (exact) mass is 275 g/mol. The van der Waals surface area contributed by atoms with Crippen LogP contribution in [0, 0.1) is 5.92 Å². The third-order valence-electron chi connectivity index (χ3n) is 4.06. The molecule has 0 heterocycles. The smallest absolute Gasteiger partial charge is 0.338 e. The molecule has 1 aliphatic rings. The fraction of sp³-hybridized carbons (Fsp3) is 0.588. The highest BCUT2D eigenvalue weighted by Crippen LogP contribution is 2.24. The molecule has 0 saturated heterocycles. The average Bonchev–Trinajstić information content (AvgIpc) is 2.52. The summed E-state index contributed by atoms with van der Waals surface area (Å²) in [5, 5.41) is 3.11. The van der Waals surface area contributed by atoms with Crippen molar-refractivity contribution in [3.05, 3.63) is 35.4 Å². The molecule has 0 radical (unpaired) electrons. The Morgan fingerprint density at radius 3 is 2.75 bits per heavy atom. The summed E-state index contributed by atoms with van der Waals surface area (Å²) in [5.41, 5.74) is 1.79. The van der Waals surface area contributed by atoms with Crippen LogP contribution >= 0.6 is 0 Å². The zero-order valence-electron chi connectivity index (χ0n) is 12.4. The third-order valence-corrected chi connectivity index (χ3v) is 4.06. The fourth-order valence-corrected chi connectivity index (χ4v) is 2.82. The van der Waals surface area contributed by atoms with Crippen LogP contribution in [0.2, 0.25) is 0 Å². The molecule has 1 aromatic carbocycles. The number of rotatable bonds is 6. The topological polar surface area (TPSA) is 38.3 Å². The molecule has 3 nitrogen and oxygen atoms in total. The minimum Gasteiger partial charge on any atom is -0.462 e. The highest BCUT2D eigenvalue weighted by atomic mass is 16.5. The molecule has 0 unspecified atom stereocenters. The molecule has 3 heteroatoms. The van der Waals surface area contributed by atoms with Gasteiger partial charge in [0.15, 0.2) is 0 Å². The van der Waals surface area contributed by atoms with E-state index in [1.165, 1.54) is 32.1 Å². The molecule has 1 aliphatic carbocycles. The zero-order chi connectivity index (χ0) is 14.2. The lowest BCUT2D eigenvalue weighted by molar-refractivity contribution is 0.0409. The molecule has 110 valence electrons. The van der Waals surface area contributed by atoms with Crippen molar-refractivity contribution in [1.29, 1.82) is 0 Å². The van der Waals surface area contributed by atoms with E-state index >= 15 is 0 Å². The second-order valence-electron chi connectivity index (χ2n) is 5.61. The van der Waals surface area contributed by atoms with Crippen molar-refractivity contribution in [1.82, 2.24) is 5.32 Å². The van der Waals surface area contributed by atoms with Gasteiger partial charge in [-0.3, -0.25) is 0 Å². The van der Waals surface area contributed by atoms with Crippen molar-refractivity contribution >= 4 is 5.97 Å². The van der Waals surface area contributed by atoms with Crippen LogP contribution in [-0.4, -0.2) is 26.2 Å². The summed E-state index contributed by atoms with van der Waals surface area (Å²) in [6.45, 7) is 1.45. The Labute approximate surface area is 121 Å². The molecule has 2 rings (SSSR count). The van der Waals surface area contributed by atoms with E-state index in [9.17, 15) is 4.79 Å². The summed E-state index contributed by atoms with van der Waals surface area (Å²) in [5.74, 6) is 0.402. The first-order chi connectivity index (χ1) is 9.81. The van der Waals surface area contributed by atoms with Gasteiger partial charge in [-0.15, -0.1) is 0 Å². The molecule has 0 aromatic heterocycles. The van der Waals surface area contributed by atoms with Gasteiger partial charge in [-0.1, -0.05) is 37.5 Å². The molecule has 20 heavy (non-hydrogen) atoms. The van der Waals surface area contributed by atoms with Crippen LogP contribution in [0.4, 0.5) is 0 Å². The molecule has 0 amide bonds. The molecule has 1 fully saturated rings. The number of carbonyl (C=O) groups is 1. The maximum atomic E-state index is 12.2. The third kappa shape index (κ3) is 4.34. The van der Waals surface area contributed by atoms with Crippen molar-refractivity contribution < 1.29 is 9.53 Å². The normalized spacial score (nSPS) is 16.1. The lowest BCUT2D eigenvalue weighted by Crippen LogP contribution is -2.18. The summed E-state index contributed by atoms with van der Waals surface area (Å²) in [7, 11) is 1.92. The molecular formula is C17H25NO2. The van der Waals surface area contributed by atoms with E-state index in [2.05, 4.69) is 5.32 Å². The van der Waals surface area contributed by atoms with E-state index in [0.29, 0.717) is 12.5 Å². The van der Waals surface area contributed by atoms with Gasteiger partial charge in [0.25, 0.3) is 0 Å². The van der Waals surface area contributed by atoms with Crippen LogP contribution in [0.3, 0.4) is 0 Å². The van der Waals surface area contributed by atoms with Gasteiger partial charge >= 0.3 is 5.97 Å². The molecular weight excluding hydrogens is 250 g/mol. The van der Waals surface area contributed by atoms with Crippen molar-refractivity contribution in [2.24, 2.45) is 5.92 Å². The van der Waals surface area contributed by atoms with E-state index in [0.717, 1.165) is 24.1 Å². The number of ether oxygens (including phenoxy) is 1. The van der Waals surface area contributed by atoms with Crippen molar-refractivity contribution in [3.8, 4) is 0 Å². The molecule has 1 N–H and O–H groups in total. The molecule has 0 bridgehead atoms. The van der Waals surface area contributed by atoms with Crippen LogP contribution in [0.5, 0.6) is 0 Å². The highest BCUT2D eigenvalue weighted by molar-refractivity contribution is 5.91. The van der Waals surface area contributed by atoms with Gasteiger partial charge in [-0.2, -0.15) is 0 Å². The largest absolute Gasteiger partial charge is 0.462 e. The lowest BCUT2D eigenvalue weighted by atomic mass is 9.90. The summed E-state index contributed by atoms with van der Waals surface area (Å²) in [6.07, 6.45) is 7.15. The van der Waals surface area contributed by atoms with E-state index in [4.69, 9.17) is 4.74 Å². The maximum Gasteiger partial charge on any atom is 0.338 e. The lowest BCUT2D eigenvalue weighted by Gasteiger charge is -2.21. The summed E-state index contributed by atoms with van der Waals surface area (Å²) in [4.78, 5) is 12.2. The molecule has 0 spiro atoms. The predicted octanol–water partition coefficient (Wildman–Crippen LogP) is 3.19. The summed E-state index contributed by atoms with van der Waals surface area (Å²) in [6, 6.07) is 7.76. The van der Waals surface area contributed by atoms with Gasteiger partial charge in [0.05, 0.1) is 12.2 Å². The van der Waals surface area contributed by atoms with Crippen LogP contribution in [-0.2, 0) is 11.2 Å². The first-order valence-electron chi connectivity index (χ1n) is 7.71. The Hall–Kier alpha value is -1.35. The molecule has 0 aliphatic heterocycles. The van der Waals surface area contributed by atoms with Gasteiger partial charge in [-0.05, 0) is 50.4 Å². The second kappa shape index (κ2) is 8.05. The maximum absolute atomic E-state index is 12.2. The number of likely N-dealkylation sites (N-methyl/N-ethyl adjacent to an activating group) is 1. The van der Waals surface area contributed by atoms with Gasteiger partial charge in [-0.25, -0.2) is 4.79 Å². The Kier molecular flexibility index (Phi) is 6.06. The predicted molar refractivity (Wildman–Crippen MR) is 80.9 cm³/mol. The Morgan fingerprint density at radius 2 is 2.00 bits per heavy atom. The SMILES string of the molecule is CNCCc1ccccc1C(=O)OCC1CCCCC1. The number of hydrogen-bond acceptors (Lipinski definition) is 3. The fourth-order valence-electron chi connectivity index (χ4n) is 2.82. The van der Waals surface area contributed by atoms with Gasteiger partial charge < -0.3 is 10.1 Å². The first kappa shape index (κ1) is 15.0. The van der Waals surface area contributed by atoms with E-state index in [-0.39, 0.29) is 5.97 Å². The Morgan fingerprint density at radius 1 is 1.25 bits per heavy atom. The number of benzene rings is 1. The van der Waals surface area contributed by atoms with Gasteiger partial charge in [0, 0.05) is 0 Å². The van der Waals surface area contributed by atoms with Crippen LogP contribution < -0.4 is 5.32 Å². The number of carbonyl (C=O) groups excluding carboxylic acids is 1. The highest BCUT2D eigenvalue weighted by Gasteiger charge is 2.17. The Balaban J connectivity index is 1.90. The zero-order valence-corrected chi connectivity index (χ0v) is 12.4. The molecule has 1 aromatic rings. The van der Waals surface area contributed by atoms with Crippen molar-refractivity contribution in [2.75, 3.05) is 20.2 Å². The van der Waals surface area contributed by atoms with E-state index in [1.54, 1.807) is 0 Å². The number of hydrogen-bond donors (Lipinski definition) is 1. The average molecular weight is 275 g/mol. The standard InChI is InChI=1S/C17H25NO2/c1-18-12-11-15-9-5-6-10-16(15)17(19)20-13-14-7-3-2-4-8-14/h5-6,9-10,14,18H,2-4,7-8,11-13H2,1H3. The first-order valence-corrected chi connectivity index (χ1v) is 7.71. The van der Waals surface area contributed by atoms with Crippen molar-refractivity contribution in [3.63, 3.8) is 0 Å². The van der Waals surface area contributed by atoms with Gasteiger partial charge in [0.1, 0.15) is 0 Å². The molecule has 0 atom stereocenters. The van der Waals surface area contributed by atoms with Crippen LogP contribution in [0.25, 0.3) is 0 Å². The van der Waals surface area contributed by atoms with Crippen LogP contribution in [0.15, 0.2) is 24.3 Å². The van der Waals surface area contributed by atoms with E-state index in [1.807, 2.05) is 31.3 Å². The molecule has 1 saturated carbocycles. The summed E-state index contributed by atoms with van der Waals surface area (Å²) >= 11 is 0. The quantitative estimate of drug-likeness (QED) is 0.810.